The first-order chi connectivity index (χ1) is 12.7. The molecule has 1 saturated carbocycles. The van der Waals surface area contributed by atoms with E-state index in [0.29, 0.717) is 12.5 Å². The minimum atomic E-state index is -0.249. The molecule has 1 aliphatic heterocycles. The molecule has 140 valence electrons. The van der Waals surface area contributed by atoms with Crippen LogP contribution in [0.2, 0.25) is 0 Å². The molecule has 0 radical (unpaired) electrons. The van der Waals surface area contributed by atoms with E-state index in [1.807, 2.05) is 6.07 Å². The molecule has 5 heteroatoms. The summed E-state index contributed by atoms with van der Waals surface area (Å²) in [7, 11) is 1.70. The maximum Gasteiger partial charge on any atom is 0.249 e. The number of fused-ring (bicyclic) bond motifs is 1. The molecule has 0 unspecified atom stereocenters. The molecule has 1 aromatic carbocycles. The van der Waals surface area contributed by atoms with Gasteiger partial charge >= 0.3 is 0 Å². The van der Waals surface area contributed by atoms with Gasteiger partial charge in [0, 0.05) is 29.7 Å². The van der Waals surface area contributed by atoms with Gasteiger partial charge in [-0.05, 0) is 68.2 Å². The van der Waals surface area contributed by atoms with Crippen LogP contribution in [0.15, 0.2) is 24.4 Å². The summed E-state index contributed by atoms with van der Waals surface area (Å²) < 4.78 is 11.0. The Hall–Kier alpha value is -2.01. The zero-order valence-corrected chi connectivity index (χ0v) is 15.4. The number of carbonyl (C=O) groups is 1. The van der Waals surface area contributed by atoms with E-state index in [2.05, 4.69) is 28.6 Å². The van der Waals surface area contributed by atoms with E-state index in [0.717, 1.165) is 56.2 Å². The molecule has 1 aromatic heterocycles. The number of hydrogen-bond acceptors (Lipinski definition) is 3. The summed E-state index contributed by atoms with van der Waals surface area (Å²) in [5.74, 6) is 1.42. The van der Waals surface area contributed by atoms with Crippen molar-refractivity contribution in [2.45, 2.75) is 63.0 Å². The Morgan fingerprint density at radius 3 is 2.96 bits per heavy atom. The molecular formula is C21H28N2O3. The highest BCUT2D eigenvalue weighted by atomic mass is 16.5. The van der Waals surface area contributed by atoms with Crippen LogP contribution >= 0.6 is 0 Å². The third kappa shape index (κ3) is 3.58. The molecule has 4 rings (SSSR count). The van der Waals surface area contributed by atoms with Crippen LogP contribution in [0, 0.1) is 0 Å². The molecule has 5 nitrogen and oxygen atoms in total. The van der Waals surface area contributed by atoms with Crippen molar-refractivity contribution in [3.8, 4) is 5.75 Å². The Morgan fingerprint density at radius 1 is 1.23 bits per heavy atom. The number of amides is 1. The highest BCUT2D eigenvalue weighted by Gasteiger charge is 2.29. The van der Waals surface area contributed by atoms with Crippen molar-refractivity contribution in [2.75, 3.05) is 13.7 Å². The fourth-order valence-corrected chi connectivity index (χ4v) is 4.43. The number of ether oxygens (including phenoxy) is 2. The van der Waals surface area contributed by atoms with Crippen LogP contribution in [0.25, 0.3) is 10.9 Å². The van der Waals surface area contributed by atoms with Crippen molar-refractivity contribution in [1.29, 1.82) is 0 Å². The molecule has 0 spiro atoms. The maximum atomic E-state index is 12.5. The topological polar surface area (TPSA) is 63.3 Å². The van der Waals surface area contributed by atoms with Gasteiger partial charge in [0.1, 0.15) is 11.9 Å². The molecule has 1 saturated heterocycles. The summed E-state index contributed by atoms with van der Waals surface area (Å²) in [6, 6.07) is 6.40. The van der Waals surface area contributed by atoms with E-state index in [9.17, 15) is 4.79 Å². The molecule has 1 amide bonds. The minimum Gasteiger partial charge on any atom is -0.497 e. The largest absolute Gasteiger partial charge is 0.497 e. The van der Waals surface area contributed by atoms with Crippen LogP contribution in [-0.4, -0.2) is 36.8 Å². The molecule has 2 N–H and O–H groups in total. The predicted octanol–water partition coefficient (Wildman–Crippen LogP) is 3.89. The number of aromatic nitrogens is 1. The lowest BCUT2D eigenvalue weighted by atomic mass is 9.81. The lowest BCUT2D eigenvalue weighted by Crippen LogP contribution is -2.45. The van der Waals surface area contributed by atoms with Crippen LogP contribution in [0.5, 0.6) is 5.75 Å². The Balaban J connectivity index is 1.46. The number of nitrogens with one attached hydrogen (secondary N) is 2. The molecule has 1 aliphatic carbocycles. The average Bonchev–Trinajstić information content (AvgIpc) is 3.12. The molecular weight excluding hydrogens is 328 g/mol. The number of hydrogen-bond donors (Lipinski definition) is 2. The Labute approximate surface area is 154 Å². The molecule has 2 aromatic rings. The van der Waals surface area contributed by atoms with Gasteiger partial charge in [-0.1, -0.05) is 6.42 Å². The monoisotopic (exact) mass is 356 g/mol. The highest BCUT2D eigenvalue weighted by Crippen LogP contribution is 2.37. The lowest BCUT2D eigenvalue weighted by molar-refractivity contribution is -0.136. The third-order valence-electron chi connectivity index (χ3n) is 5.85. The zero-order valence-electron chi connectivity index (χ0n) is 15.4. The van der Waals surface area contributed by atoms with E-state index < -0.39 is 0 Å². The average molecular weight is 356 g/mol. The van der Waals surface area contributed by atoms with Crippen LogP contribution in [0.4, 0.5) is 0 Å². The number of carbonyl (C=O) groups excluding carboxylic acids is 1. The van der Waals surface area contributed by atoms with E-state index in [-0.39, 0.29) is 18.1 Å². The lowest BCUT2D eigenvalue weighted by Gasteiger charge is -2.31. The number of methoxy groups -OCH3 is 1. The SMILES string of the molecule is COc1ccc2[nH]cc([C@H]3CCC[C@@H](NC(=O)[C@@H]4CCCCO4)C3)c2c1. The van der Waals surface area contributed by atoms with E-state index in [1.54, 1.807) is 7.11 Å². The second kappa shape index (κ2) is 7.70. The molecule has 3 atom stereocenters. The standard InChI is InChI=1S/C21H28N2O3/c1-25-16-8-9-19-17(12-16)18(13-22-19)14-5-4-6-15(11-14)23-21(24)20-7-2-3-10-26-20/h8-9,12-15,20,22H,2-7,10-11H2,1H3,(H,23,24)/t14-,15+,20-/m0/s1. The Bertz CT molecular complexity index is 764. The van der Waals surface area contributed by atoms with Gasteiger partial charge in [-0.2, -0.15) is 0 Å². The maximum absolute atomic E-state index is 12.5. The molecule has 2 heterocycles. The first-order valence-electron chi connectivity index (χ1n) is 9.81. The van der Waals surface area contributed by atoms with Crippen LogP contribution in [0.1, 0.15) is 56.4 Å². The van der Waals surface area contributed by atoms with E-state index in [1.165, 1.54) is 10.9 Å². The van der Waals surface area contributed by atoms with Crippen molar-refractivity contribution in [3.63, 3.8) is 0 Å². The summed E-state index contributed by atoms with van der Waals surface area (Å²) in [6.45, 7) is 0.711. The van der Waals surface area contributed by atoms with Gasteiger partial charge in [0.2, 0.25) is 5.91 Å². The highest BCUT2D eigenvalue weighted by molar-refractivity contribution is 5.85. The number of benzene rings is 1. The first-order valence-corrected chi connectivity index (χ1v) is 9.81. The fraction of sp³-hybridized carbons (Fsp3) is 0.571. The van der Waals surface area contributed by atoms with Crippen molar-refractivity contribution in [2.24, 2.45) is 0 Å². The quantitative estimate of drug-likeness (QED) is 0.874. The molecule has 2 fully saturated rings. The number of aromatic amines is 1. The smallest absolute Gasteiger partial charge is 0.249 e. The Kier molecular flexibility index (Phi) is 5.16. The summed E-state index contributed by atoms with van der Waals surface area (Å²) in [5.41, 5.74) is 2.48. The summed E-state index contributed by atoms with van der Waals surface area (Å²) >= 11 is 0. The molecule has 2 aliphatic rings. The zero-order chi connectivity index (χ0) is 17.9. The van der Waals surface area contributed by atoms with E-state index in [4.69, 9.17) is 9.47 Å². The van der Waals surface area contributed by atoms with Gasteiger partial charge in [0.15, 0.2) is 0 Å². The third-order valence-corrected chi connectivity index (χ3v) is 5.85. The van der Waals surface area contributed by atoms with Gasteiger partial charge in [0.25, 0.3) is 0 Å². The van der Waals surface area contributed by atoms with E-state index >= 15 is 0 Å². The molecule has 0 bridgehead atoms. The number of rotatable bonds is 4. The second-order valence-electron chi connectivity index (χ2n) is 7.58. The van der Waals surface area contributed by atoms with Gasteiger partial charge in [-0.3, -0.25) is 4.79 Å². The predicted molar refractivity (Wildman–Crippen MR) is 102 cm³/mol. The summed E-state index contributed by atoms with van der Waals surface area (Å²) in [4.78, 5) is 15.9. The van der Waals surface area contributed by atoms with Crippen LogP contribution in [0.3, 0.4) is 0 Å². The fourth-order valence-electron chi connectivity index (χ4n) is 4.43. The van der Waals surface area contributed by atoms with Gasteiger partial charge in [0.05, 0.1) is 7.11 Å². The van der Waals surface area contributed by atoms with Crippen LogP contribution in [-0.2, 0) is 9.53 Å². The van der Waals surface area contributed by atoms with Gasteiger partial charge in [-0.25, -0.2) is 0 Å². The van der Waals surface area contributed by atoms with Crippen molar-refractivity contribution >= 4 is 16.8 Å². The van der Waals surface area contributed by atoms with Crippen molar-refractivity contribution in [1.82, 2.24) is 10.3 Å². The number of H-pyrrole nitrogens is 1. The Morgan fingerprint density at radius 2 is 2.15 bits per heavy atom. The second-order valence-corrected chi connectivity index (χ2v) is 7.58. The summed E-state index contributed by atoms with van der Waals surface area (Å²) in [5, 5.41) is 4.49. The summed E-state index contributed by atoms with van der Waals surface area (Å²) in [6.07, 6.45) is 9.23. The van der Waals surface area contributed by atoms with Gasteiger partial charge in [-0.15, -0.1) is 0 Å². The minimum absolute atomic E-state index is 0.0796. The van der Waals surface area contributed by atoms with Crippen molar-refractivity contribution in [3.05, 3.63) is 30.0 Å². The van der Waals surface area contributed by atoms with Crippen molar-refractivity contribution < 1.29 is 14.3 Å². The van der Waals surface area contributed by atoms with Gasteiger partial charge < -0.3 is 19.8 Å². The molecule has 26 heavy (non-hydrogen) atoms. The normalized spacial score (nSPS) is 26.6. The first kappa shape index (κ1) is 17.4. The van der Waals surface area contributed by atoms with Crippen LogP contribution < -0.4 is 10.1 Å².